The van der Waals surface area contributed by atoms with Crippen LogP contribution < -0.4 is 4.90 Å². The van der Waals surface area contributed by atoms with E-state index in [4.69, 9.17) is 0 Å². The largest absolute Gasteiger partial charge is 0.313 e. The molecule has 0 amide bonds. The maximum absolute atomic E-state index is 4.21. The summed E-state index contributed by atoms with van der Waals surface area (Å²) >= 11 is 0. The maximum atomic E-state index is 4.21. The van der Waals surface area contributed by atoms with Crippen LogP contribution in [0.25, 0.3) is 0 Å². The molecule has 2 rings (SSSR count). The predicted molar refractivity (Wildman–Crippen MR) is 54.3 cm³/mol. The minimum Gasteiger partial charge on any atom is -0.313 e. The lowest BCUT2D eigenvalue weighted by molar-refractivity contribution is 1.05. The van der Waals surface area contributed by atoms with Crippen LogP contribution >= 0.6 is 0 Å². The lowest BCUT2D eigenvalue weighted by Crippen LogP contribution is -2.12. The van der Waals surface area contributed by atoms with Gasteiger partial charge in [-0.2, -0.15) is 0 Å². The molecule has 0 aliphatic heterocycles. The molecule has 0 bridgehead atoms. The predicted octanol–water partition coefficient (Wildman–Crippen LogP) is 1.64. The number of aromatic nitrogens is 3. The first-order chi connectivity index (χ1) is 6.88. The summed E-state index contributed by atoms with van der Waals surface area (Å²) < 4.78 is 0. The van der Waals surface area contributed by atoms with Crippen molar-refractivity contribution in [3.63, 3.8) is 0 Å². The van der Waals surface area contributed by atoms with Crippen molar-refractivity contribution in [3.05, 3.63) is 43.0 Å². The summed E-state index contributed by atoms with van der Waals surface area (Å²) in [7, 11) is 1.91. The number of nitrogens with zero attached hydrogens (tertiary/aromatic N) is 4. The second-order valence-electron chi connectivity index (χ2n) is 2.81. The summed E-state index contributed by atoms with van der Waals surface area (Å²) in [6.45, 7) is 0. The van der Waals surface area contributed by atoms with Gasteiger partial charge in [0.15, 0.2) is 5.82 Å². The monoisotopic (exact) mass is 186 g/mol. The molecule has 0 unspecified atom stereocenters. The van der Waals surface area contributed by atoms with Crippen molar-refractivity contribution in [3.8, 4) is 0 Å². The van der Waals surface area contributed by atoms with Crippen LogP contribution in [0, 0.1) is 0 Å². The van der Waals surface area contributed by atoms with Crippen LogP contribution in [0.1, 0.15) is 0 Å². The van der Waals surface area contributed by atoms with E-state index in [2.05, 4.69) is 15.0 Å². The quantitative estimate of drug-likeness (QED) is 0.715. The fourth-order valence-electron chi connectivity index (χ4n) is 1.13. The highest BCUT2D eigenvalue weighted by Gasteiger charge is 2.04. The van der Waals surface area contributed by atoms with Crippen LogP contribution in [0.2, 0.25) is 0 Å². The van der Waals surface area contributed by atoms with Gasteiger partial charge in [-0.05, 0) is 12.1 Å². The summed E-state index contributed by atoms with van der Waals surface area (Å²) in [6.07, 6.45) is 6.77. The van der Waals surface area contributed by atoms with E-state index < -0.39 is 0 Å². The van der Waals surface area contributed by atoms with Gasteiger partial charge in [-0.15, -0.1) is 0 Å². The normalized spacial score (nSPS) is 9.79. The Morgan fingerprint density at radius 3 is 2.50 bits per heavy atom. The van der Waals surface area contributed by atoms with Gasteiger partial charge in [0.05, 0.1) is 6.20 Å². The topological polar surface area (TPSA) is 41.9 Å². The maximum Gasteiger partial charge on any atom is 0.152 e. The molecule has 0 atom stereocenters. The van der Waals surface area contributed by atoms with Gasteiger partial charge in [0.25, 0.3) is 0 Å². The molecule has 0 saturated carbocycles. The van der Waals surface area contributed by atoms with Crippen LogP contribution in [-0.4, -0.2) is 22.0 Å². The van der Waals surface area contributed by atoms with Crippen LogP contribution in [0.3, 0.4) is 0 Å². The lowest BCUT2D eigenvalue weighted by Gasteiger charge is -2.15. The van der Waals surface area contributed by atoms with E-state index in [1.807, 2.05) is 30.1 Å². The molecule has 0 aliphatic rings. The molecule has 2 aromatic rings. The number of hydrogen-bond donors (Lipinski definition) is 0. The summed E-state index contributed by atoms with van der Waals surface area (Å²) in [5.41, 5.74) is 0. The molecule has 2 heterocycles. The van der Waals surface area contributed by atoms with Gasteiger partial charge < -0.3 is 4.90 Å². The first-order valence-corrected chi connectivity index (χ1v) is 4.29. The molecule has 4 nitrogen and oxygen atoms in total. The first kappa shape index (κ1) is 8.62. The smallest absolute Gasteiger partial charge is 0.152 e. The van der Waals surface area contributed by atoms with Gasteiger partial charge in [-0.25, -0.2) is 9.97 Å². The summed E-state index contributed by atoms with van der Waals surface area (Å²) in [5, 5.41) is 0. The van der Waals surface area contributed by atoms with Crippen LogP contribution in [0.5, 0.6) is 0 Å². The molecule has 0 radical (unpaired) electrons. The molecule has 4 heteroatoms. The van der Waals surface area contributed by atoms with Gasteiger partial charge in [0, 0.05) is 25.6 Å². The van der Waals surface area contributed by atoms with Gasteiger partial charge in [-0.3, -0.25) is 4.98 Å². The Morgan fingerprint density at radius 1 is 1.00 bits per heavy atom. The Kier molecular flexibility index (Phi) is 2.36. The van der Waals surface area contributed by atoms with Crippen molar-refractivity contribution in [1.29, 1.82) is 0 Å². The SMILES string of the molecule is CN(c1ccccn1)c1cnccn1. The third-order valence-corrected chi connectivity index (χ3v) is 1.89. The molecule has 0 saturated heterocycles. The van der Waals surface area contributed by atoms with E-state index in [1.54, 1.807) is 24.8 Å². The van der Waals surface area contributed by atoms with E-state index in [0.29, 0.717) is 0 Å². The zero-order chi connectivity index (χ0) is 9.80. The third kappa shape index (κ3) is 1.69. The molecule has 14 heavy (non-hydrogen) atoms. The third-order valence-electron chi connectivity index (χ3n) is 1.89. The number of anilines is 2. The minimum absolute atomic E-state index is 0.784. The van der Waals surface area contributed by atoms with Gasteiger partial charge in [0.2, 0.25) is 0 Å². The fraction of sp³-hybridized carbons (Fsp3) is 0.100. The molecule has 2 aromatic heterocycles. The van der Waals surface area contributed by atoms with Gasteiger partial charge >= 0.3 is 0 Å². The van der Waals surface area contributed by atoms with Crippen LogP contribution in [0.15, 0.2) is 43.0 Å². The highest BCUT2D eigenvalue weighted by atomic mass is 15.2. The van der Waals surface area contributed by atoms with Gasteiger partial charge in [-0.1, -0.05) is 6.07 Å². The van der Waals surface area contributed by atoms with Crippen molar-refractivity contribution >= 4 is 11.6 Å². The fourth-order valence-corrected chi connectivity index (χ4v) is 1.13. The summed E-state index contributed by atoms with van der Waals surface area (Å²) in [6, 6.07) is 5.75. The number of rotatable bonds is 2. The zero-order valence-corrected chi connectivity index (χ0v) is 7.83. The Balaban J connectivity index is 2.30. The molecule has 0 aromatic carbocycles. The standard InChI is InChI=1S/C10H10N4/c1-14(9-4-2-3-5-12-9)10-8-11-6-7-13-10/h2-8H,1H3. The van der Waals surface area contributed by atoms with Crippen LogP contribution in [-0.2, 0) is 0 Å². The Hall–Kier alpha value is -1.97. The van der Waals surface area contributed by atoms with Gasteiger partial charge in [0.1, 0.15) is 5.82 Å². The van der Waals surface area contributed by atoms with Crippen LogP contribution in [0.4, 0.5) is 11.6 Å². The molecule has 0 fully saturated rings. The summed E-state index contributed by atoms with van der Waals surface area (Å²) in [5.74, 6) is 1.64. The highest BCUT2D eigenvalue weighted by molar-refractivity contribution is 5.52. The molecule has 70 valence electrons. The highest BCUT2D eigenvalue weighted by Crippen LogP contribution is 2.16. The van der Waals surface area contributed by atoms with Crippen molar-refractivity contribution < 1.29 is 0 Å². The van der Waals surface area contributed by atoms with E-state index in [-0.39, 0.29) is 0 Å². The van der Waals surface area contributed by atoms with Crippen molar-refractivity contribution in [2.24, 2.45) is 0 Å². The molecular formula is C10H10N4. The van der Waals surface area contributed by atoms with E-state index in [9.17, 15) is 0 Å². The van der Waals surface area contributed by atoms with E-state index in [0.717, 1.165) is 11.6 Å². The number of pyridine rings is 1. The molecule has 0 N–H and O–H groups in total. The lowest BCUT2D eigenvalue weighted by atomic mass is 10.4. The average Bonchev–Trinajstić information content (AvgIpc) is 2.30. The summed E-state index contributed by atoms with van der Waals surface area (Å²) in [4.78, 5) is 14.3. The second-order valence-corrected chi connectivity index (χ2v) is 2.81. The van der Waals surface area contributed by atoms with E-state index in [1.165, 1.54) is 0 Å². The van der Waals surface area contributed by atoms with Crippen molar-refractivity contribution in [2.75, 3.05) is 11.9 Å². The first-order valence-electron chi connectivity index (χ1n) is 4.29. The molecule has 0 aliphatic carbocycles. The zero-order valence-electron chi connectivity index (χ0n) is 7.83. The van der Waals surface area contributed by atoms with Crippen molar-refractivity contribution in [1.82, 2.24) is 15.0 Å². The average molecular weight is 186 g/mol. The minimum atomic E-state index is 0.784. The molecular weight excluding hydrogens is 176 g/mol. The number of hydrogen-bond acceptors (Lipinski definition) is 4. The Bertz CT molecular complexity index is 348. The van der Waals surface area contributed by atoms with Crippen molar-refractivity contribution in [2.45, 2.75) is 0 Å². The second kappa shape index (κ2) is 3.83. The Morgan fingerprint density at radius 2 is 1.86 bits per heavy atom. The molecule has 0 spiro atoms. The van der Waals surface area contributed by atoms with E-state index >= 15 is 0 Å². The Labute approximate surface area is 82.3 Å².